The molecule has 6 nitrogen and oxygen atoms in total. The van der Waals surface area contributed by atoms with Gasteiger partial charge in [0.15, 0.2) is 0 Å². The van der Waals surface area contributed by atoms with Gasteiger partial charge in [-0.1, -0.05) is 11.8 Å². The van der Waals surface area contributed by atoms with Crippen LogP contribution in [0.25, 0.3) is 0 Å². The van der Waals surface area contributed by atoms with Crippen molar-refractivity contribution in [2.45, 2.75) is 25.8 Å². The predicted octanol–water partition coefficient (Wildman–Crippen LogP) is 0.867. The molecular formula is C11H18N2O4S. The largest absolute Gasteiger partial charge is 0.480 e. The van der Waals surface area contributed by atoms with Gasteiger partial charge in [-0.05, 0) is 13.8 Å². The number of carbonyl (C=O) groups excluding carboxylic acids is 2. The Balaban J connectivity index is 2.50. The number of likely N-dealkylation sites (N-methyl/N-ethyl adjacent to an activating group) is 1. The molecule has 7 heteroatoms. The third kappa shape index (κ3) is 3.16. The lowest BCUT2D eigenvalue weighted by atomic mass is 10.0. The van der Waals surface area contributed by atoms with E-state index in [1.54, 1.807) is 4.90 Å². The van der Waals surface area contributed by atoms with Crippen molar-refractivity contribution in [2.24, 2.45) is 0 Å². The SMILES string of the molecule is CN(C(=O)CCN1CCSC1=O)C(C)(C)C(=O)O. The zero-order chi connectivity index (χ0) is 13.9. The summed E-state index contributed by atoms with van der Waals surface area (Å²) in [5.41, 5.74) is -1.24. The fourth-order valence-electron chi connectivity index (χ4n) is 1.48. The van der Waals surface area contributed by atoms with Crippen molar-refractivity contribution in [2.75, 3.05) is 25.9 Å². The Morgan fingerprint density at radius 3 is 2.56 bits per heavy atom. The Labute approximate surface area is 110 Å². The van der Waals surface area contributed by atoms with Crippen molar-refractivity contribution in [3.8, 4) is 0 Å². The summed E-state index contributed by atoms with van der Waals surface area (Å²) in [6.07, 6.45) is 0.152. The first kappa shape index (κ1) is 14.8. The molecule has 1 rings (SSSR count). The molecule has 0 bridgehead atoms. The lowest BCUT2D eigenvalue weighted by Gasteiger charge is -2.32. The number of amides is 2. The van der Waals surface area contributed by atoms with Crippen molar-refractivity contribution in [3.63, 3.8) is 0 Å². The number of nitrogens with zero attached hydrogens (tertiary/aromatic N) is 2. The van der Waals surface area contributed by atoms with Gasteiger partial charge in [-0.25, -0.2) is 4.79 Å². The number of aliphatic carboxylic acids is 1. The molecule has 0 unspecified atom stereocenters. The molecule has 0 atom stereocenters. The Kier molecular flexibility index (Phi) is 4.61. The Hall–Kier alpha value is -1.24. The summed E-state index contributed by atoms with van der Waals surface area (Å²) in [4.78, 5) is 37.1. The molecule has 0 aliphatic carbocycles. The van der Waals surface area contributed by atoms with Crippen molar-refractivity contribution in [1.82, 2.24) is 9.80 Å². The molecule has 0 aromatic rings. The molecule has 0 saturated carbocycles. The standard InChI is InChI=1S/C11H18N2O4S/c1-11(2,9(15)16)12(3)8(14)4-5-13-6-7-18-10(13)17/h4-7H2,1-3H3,(H,15,16). The normalized spacial score (nSPS) is 15.9. The van der Waals surface area contributed by atoms with E-state index in [9.17, 15) is 14.4 Å². The van der Waals surface area contributed by atoms with E-state index in [1.165, 1.54) is 37.6 Å². The maximum atomic E-state index is 11.9. The maximum Gasteiger partial charge on any atom is 0.329 e. The first-order valence-electron chi connectivity index (χ1n) is 5.68. The van der Waals surface area contributed by atoms with E-state index in [0.717, 1.165) is 5.75 Å². The molecule has 2 amide bonds. The van der Waals surface area contributed by atoms with Crippen LogP contribution in [0.15, 0.2) is 0 Å². The second-order valence-electron chi connectivity index (χ2n) is 4.67. The van der Waals surface area contributed by atoms with Crippen LogP contribution < -0.4 is 0 Å². The average Bonchev–Trinajstić information content (AvgIpc) is 2.70. The van der Waals surface area contributed by atoms with E-state index < -0.39 is 11.5 Å². The van der Waals surface area contributed by atoms with Crippen LogP contribution in [0.2, 0.25) is 0 Å². The summed E-state index contributed by atoms with van der Waals surface area (Å²) in [6.45, 7) is 3.96. The van der Waals surface area contributed by atoms with Crippen LogP contribution >= 0.6 is 11.8 Å². The molecule has 0 radical (unpaired) electrons. The van der Waals surface area contributed by atoms with Gasteiger partial charge in [0.25, 0.3) is 5.24 Å². The number of hydrogen-bond acceptors (Lipinski definition) is 4. The van der Waals surface area contributed by atoms with Crippen LogP contribution in [-0.4, -0.2) is 63.5 Å². The fraction of sp³-hybridized carbons (Fsp3) is 0.727. The first-order valence-corrected chi connectivity index (χ1v) is 6.67. The van der Waals surface area contributed by atoms with Crippen molar-refractivity contribution < 1.29 is 19.5 Å². The summed E-state index contributed by atoms with van der Waals surface area (Å²) >= 11 is 1.24. The molecule has 1 saturated heterocycles. The summed E-state index contributed by atoms with van der Waals surface area (Å²) < 4.78 is 0. The van der Waals surface area contributed by atoms with Gasteiger partial charge in [0, 0.05) is 32.3 Å². The molecule has 18 heavy (non-hydrogen) atoms. The Bertz CT molecular complexity index is 370. The van der Waals surface area contributed by atoms with Gasteiger partial charge in [-0.15, -0.1) is 0 Å². The lowest BCUT2D eigenvalue weighted by Crippen LogP contribution is -2.51. The highest BCUT2D eigenvalue weighted by molar-refractivity contribution is 8.13. The van der Waals surface area contributed by atoms with Gasteiger partial charge in [-0.3, -0.25) is 9.59 Å². The van der Waals surface area contributed by atoms with Crippen LogP contribution in [0.3, 0.4) is 0 Å². The minimum absolute atomic E-state index is 0.0112. The number of carbonyl (C=O) groups is 3. The molecular weight excluding hydrogens is 256 g/mol. The zero-order valence-electron chi connectivity index (χ0n) is 10.8. The molecule has 0 spiro atoms. The number of thioether (sulfide) groups is 1. The van der Waals surface area contributed by atoms with E-state index in [0.29, 0.717) is 13.1 Å². The van der Waals surface area contributed by atoms with Crippen LogP contribution in [0.4, 0.5) is 4.79 Å². The Morgan fingerprint density at radius 1 is 1.50 bits per heavy atom. The van der Waals surface area contributed by atoms with Gasteiger partial charge in [0.2, 0.25) is 5.91 Å². The predicted molar refractivity (Wildman–Crippen MR) is 68.5 cm³/mol. The van der Waals surface area contributed by atoms with Gasteiger partial charge in [0.05, 0.1) is 0 Å². The highest BCUT2D eigenvalue weighted by Gasteiger charge is 2.35. The van der Waals surface area contributed by atoms with Crippen molar-refractivity contribution in [1.29, 1.82) is 0 Å². The monoisotopic (exact) mass is 274 g/mol. The van der Waals surface area contributed by atoms with Crippen molar-refractivity contribution >= 4 is 28.9 Å². The number of rotatable bonds is 5. The summed E-state index contributed by atoms with van der Waals surface area (Å²) in [6, 6.07) is 0. The van der Waals surface area contributed by atoms with Gasteiger partial charge >= 0.3 is 5.97 Å². The van der Waals surface area contributed by atoms with Crippen molar-refractivity contribution in [3.05, 3.63) is 0 Å². The molecule has 1 heterocycles. The quantitative estimate of drug-likeness (QED) is 0.804. The van der Waals surface area contributed by atoms with Gasteiger partial charge in [-0.2, -0.15) is 0 Å². The number of carboxylic acid groups (broad SMARTS) is 1. The smallest absolute Gasteiger partial charge is 0.329 e. The molecule has 1 fully saturated rings. The maximum absolute atomic E-state index is 11.9. The fourth-order valence-corrected chi connectivity index (χ4v) is 2.33. The summed E-state index contributed by atoms with van der Waals surface area (Å²) in [5.74, 6) is -0.568. The van der Waals surface area contributed by atoms with E-state index in [1.807, 2.05) is 0 Å². The van der Waals surface area contributed by atoms with E-state index >= 15 is 0 Å². The van der Waals surface area contributed by atoms with Crippen LogP contribution in [0.1, 0.15) is 20.3 Å². The lowest BCUT2D eigenvalue weighted by molar-refractivity contribution is -0.155. The summed E-state index contributed by atoms with van der Waals surface area (Å²) in [7, 11) is 1.47. The van der Waals surface area contributed by atoms with E-state index in [4.69, 9.17) is 5.11 Å². The van der Waals surface area contributed by atoms with Crippen LogP contribution in [0, 0.1) is 0 Å². The highest BCUT2D eigenvalue weighted by atomic mass is 32.2. The highest BCUT2D eigenvalue weighted by Crippen LogP contribution is 2.18. The minimum Gasteiger partial charge on any atom is -0.480 e. The topological polar surface area (TPSA) is 77.9 Å². The van der Waals surface area contributed by atoms with Gasteiger partial charge < -0.3 is 14.9 Å². The molecule has 0 aromatic heterocycles. The molecule has 1 aliphatic rings. The van der Waals surface area contributed by atoms with E-state index in [2.05, 4.69) is 0 Å². The second-order valence-corrected chi connectivity index (χ2v) is 5.71. The number of hydrogen-bond donors (Lipinski definition) is 1. The minimum atomic E-state index is -1.24. The average molecular weight is 274 g/mol. The van der Waals surface area contributed by atoms with Crippen LogP contribution in [0.5, 0.6) is 0 Å². The second kappa shape index (κ2) is 5.60. The third-order valence-corrected chi connectivity index (χ3v) is 4.07. The summed E-state index contributed by atoms with van der Waals surface area (Å²) in [5, 5.41) is 9.01. The number of carboxylic acids is 1. The molecule has 102 valence electrons. The molecule has 1 N–H and O–H groups in total. The van der Waals surface area contributed by atoms with Crippen LogP contribution in [-0.2, 0) is 9.59 Å². The molecule has 0 aromatic carbocycles. The van der Waals surface area contributed by atoms with Gasteiger partial charge in [0.1, 0.15) is 5.54 Å². The van der Waals surface area contributed by atoms with E-state index in [-0.39, 0.29) is 17.6 Å². The molecule has 1 aliphatic heterocycles. The Morgan fingerprint density at radius 2 is 2.11 bits per heavy atom. The zero-order valence-corrected chi connectivity index (χ0v) is 11.6. The third-order valence-electron chi connectivity index (χ3n) is 3.18. The first-order chi connectivity index (χ1) is 8.26.